The summed E-state index contributed by atoms with van der Waals surface area (Å²) in [6.45, 7) is 2.70. The van der Waals surface area contributed by atoms with E-state index in [1.165, 1.54) is 18.3 Å². The molecule has 3 heterocycles. The van der Waals surface area contributed by atoms with E-state index in [0.717, 1.165) is 11.3 Å². The third kappa shape index (κ3) is 4.58. The van der Waals surface area contributed by atoms with Crippen molar-refractivity contribution >= 4 is 45.6 Å². The van der Waals surface area contributed by atoms with Crippen LogP contribution in [0.5, 0.6) is 11.5 Å². The third-order valence-corrected chi connectivity index (χ3v) is 6.33. The smallest absolute Gasteiger partial charge is 0.231 e. The summed E-state index contributed by atoms with van der Waals surface area (Å²) in [4.78, 5) is 42.7. The first-order valence-electron chi connectivity index (χ1n) is 10.8. The molecule has 2 N–H and O–H groups in total. The van der Waals surface area contributed by atoms with Gasteiger partial charge in [-0.1, -0.05) is 12.1 Å². The molecule has 0 spiro atoms. The third-order valence-electron chi connectivity index (χ3n) is 5.57. The second-order valence-corrected chi connectivity index (χ2v) is 8.88. The van der Waals surface area contributed by atoms with Crippen LogP contribution in [0.1, 0.15) is 13.3 Å². The average Bonchev–Trinajstić information content (AvgIpc) is 3.45. The molecule has 10 heteroatoms. The van der Waals surface area contributed by atoms with Crippen LogP contribution in [0.25, 0.3) is 11.3 Å². The molecule has 3 amide bonds. The van der Waals surface area contributed by atoms with Crippen molar-refractivity contribution in [2.75, 3.05) is 35.3 Å². The van der Waals surface area contributed by atoms with Gasteiger partial charge in [0.1, 0.15) is 13.2 Å². The van der Waals surface area contributed by atoms with Gasteiger partial charge >= 0.3 is 0 Å². The highest BCUT2D eigenvalue weighted by Crippen LogP contribution is 2.36. The lowest BCUT2D eigenvalue weighted by Crippen LogP contribution is -2.28. The zero-order valence-corrected chi connectivity index (χ0v) is 19.2. The van der Waals surface area contributed by atoms with Gasteiger partial charge in [0.15, 0.2) is 16.6 Å². The summed E-state index contributed by atoms with van der Waals surface area (Å²) < 4.78 is 11.1. The van der Waals surface area contributed by atoms with Gasteiger partial charge < -0.3 is 25.0 Å². The van der Waals surface area contributed by atoms with Crippen LogP contribution in [-0.2, 0) is 14.4 Å². The fourth-order valence-electron chi connectivity index (χ4n) is 3.93. The van der Waals surface area contributed by atoms with E-state index in [-0.39, 0.29) is 30.7 Å². The monoisotopic (exact) mass is 478 g/mol. The summed E-state index contributed by atoms with van der Waals surface area (Å²) in [5.74, 6) is 0.283. The van der Waals surface area contributed by atoms with Crippen LogP contribution in [0.2, 0.25) is 0 Å². The molecule has 174 valence electrons. The van der Waals surface area contributed by atoms with Gasteiger partial charge in [-0.3, -0.25) is 14.4 Å². The van der Waals surface area contributed by atoms with E-state index in [9.17, 15) is 14.4 Å². The van der Waals surface area contributed by atoms with E-state index in [0.29, 0.717) is 41.2 Å². The predicted octanol–water partition coefficient (Wildman–Crippen LogP) is 3.53. The summed E-state index contributed by atoms with van der Waals surface area (Å²) in [5, 5.41) is 7.88. The fourth-order valence-corrected chi connectivity index (χ4v) is 4.65. The quantitative estimate of drug-likeness (QED) is 0.581. The Kier molecular flexibility index (Phi) is 5.89. The molecule has 3 aromatic rings. The SMILES string of the molecule is CC(=O)Nc1ccc(-c2csc(NC(=O)[C@@H]3CC(=O)N(c4ccc5c(c4)OCCO5)C3)n2)cc1. The molecule has 0 radical (unpaired) electrons. The number of hydrogen-bond donors (Lipinski definition) is 2. The second kappa shape index (κ2) is 9.14. The molecule has 34 heavy (non-hydrogen) atoms. The number of aromatic nitrogens is 1. The van der Waals surface area contributed by atoms with Crippen molar-refractivity contribution in [2.24, 2.45) is 5.92 Å². The molecule has 1 fully saturated rings. The van der Waals surface area contributed by atoms with Crippen molar-refractivity contribution in [3.05, 3.63) is 47.8 Å². The normalized spacial score (nSPS) is 16.9. The van der Waals surface area contributed by atoms with Crippen LogP contribution in [0.4, 0.5) is 16.5 Å². The zero-order chi connectivity index (χ0) is 23.7. The Hall–Kier alpha value is -3.92. The molecule has 0 bridgehead atoms. The highest BCUT2D eigenvalue weighted by atomic mass is 32.1. The van der Waals surface area contributed by atoms with Crippen LogP contribution in [0, 0.1) is 5.92 Å². The molecule has 0 unspecified atom stereocenters. The van der Waals surface area contributed by atoms with Crippen LogP contribution in [0.15, 0.2) is 47.8 Å². The minimum Gasteiger partial charge on any atom is -0.486 e. The Labute approximate surface area is 199 Å². The topological polar surface area (TPSA) is 110 Å². The predicted molar refractivity (Wildman–Crippen MR) is 128 cm³/mol. The van der Waals surface area contributed by atoms with E-state index in [1.807, 2.05) is 17.5 Å². The number of benzene rings is 2. The summed E-state index contributed by atoms with van der Waals surface area (Å²) in [6.07, 6.45) is 0.128. The highest BCUT2D eigenvalue weighted by Gasteiger charge is 2.36. The largest absolute Gasteiger partial charge is 0.486 e. The van der Waals surface area contributed by atoms with Crippen molar-refractivity contribution in [3.8, 4) is 22.8 Å². The number of ether oxygens (including phenoxy) is 2. The molecule has 0 saturated carbocycles. The van der Waals surface area contributed by atoms with Crippen molar-refractivity contribution < 1.29 is 23.9 Å². The molecular weight excluding hydrogens is 456 g/mol. The van der Waals surface area contributed by atoms with Crippen molar-refractivity contribution in [3.63, 3.8) is 0 Å². The number of hydrogen-bond acceptors (Lipinski definition) is 7. The number of anilines is 3. The Bertz CT molecular complexity index is 1260. The first-order chi connectivity index (χ1) is 16.5. The van der Waals surface area contributed by atoms with Crippen LogP contribution < -0.4 is 25.0 Å². The number of nitrogens with one attached hydrogen (secondary N) is 2. The minimum absolute atomic E-state index is 0.115. The molecule has 9 nitrogen and oxygen atoms in total. The Morgan fingerprint density at radius 3 is 2.59 bits per heavy atom. The summed E-state index contributed by atoms with van der Waals surface area (Å²) >= 11 is 1.32. The Morgan fingerprint density at radius 1 is 1.06 bits per heavy atom. The van der Waals surface area contributed by atoms with E-state index < -0.39 is 5.92 Å². The molecule has 5 rings (SSSR count). The molecule has 2 aliphatic rings. The standard InChI is InChI=1S/C24H22N4O5S/c1-14(29)25-17-4-2-15(3-5-17)19-13-34-24(26-19)27-23(31)16-10-22(30)28(12-16)18-6-7-20-21(11-18)33-9-8-32-20/h2-7,11,13,16H,8-10,12H2,1H3,(H,25,29)(H,26,27,31)/t16-/m1/s1. The lowest BCUT2D eigenvalue weighted by atomic mass is 10.1. The average molecular weight is 479 g/mol. The van der Waals surface area contributed by atoms with Gasteiger partial charge in [0.2, 0.25) is 17.7 Å². The lowest BCUT2D eigenvalue weighted by Gasteiger charge is -2.22. The van der Waals surface area contributed by atoms with Crippen LogP contribution in [0.3, 0.4) is 0 Å². The molecular formula is C24H22N4O5S. The van der Waals surface area contributed by atoms with Crippen molar-refractivity contribution in [1.29, 1.82) is 0 Å². The van der Waals surface area contributed by atoms with Gasteiger partial charge in [-0.25, -0.2) is 4.98 Å². The Balaban J connectivity index is 1.23. The van der Waals surface area contributed by atoms with E-state index in [1.54, 1.807) is 35.2 Å². The van der Waals surface area contributed by atoms with Gasteiger partial charge in [-0.15, -0.1) is 11.3 Å². The van der Waals surface area contributed by atoms with Crippen molar-refractivity contribution in [2.45, 2.75) is 13.3 Å². The molecule has 1 saturated heterocycles. The van der Waals surface area contributed by atoms with Gasteiger partial charge in [0, 0.05) is 48.3 Å². The number of carbonyl (C=O) groups is 3. The summed E-state index contributed by atoms with van der Waals surface area (Å²) in [6, 6.07) is 12.7. The number of rotatable bonds is 5. The molecule has 1 atom stereocenters. The summed E-state index contributed by atoms with van der Waals surface area (Å²) in [5.41, 5.74) is 2.97. The van der Waals surface area contributed by atoms with E-state index >= 15 is 0 Å². The van der Waals surface area contributed by atoms with E-state index in [2.05, 4.69) is 15.6 Å². The highest BCUT2D eigenvalue weighted by molar-refractivity contribution is 7.14. The Morgan fingerprint density at radius 2 is 1.82 bits per heavy atom. The first-order valence-corrected chi connectivity index (χ1v) is 11.7. The molecule has 2 aromatic carbocycles. The van der Waals surface area contributed by atoms with Crippen molar-refractivity contribution in [1.82, 2.24) is 4.98 Å². The first kappa shape index (κ1) is 21.9. The van der Waals surface area contributed by atoms with Gasteiger partial charge in [-0.05, 0) is 24.3 Å². The molecule has 0 aliphatic carbocycles. The number of carbonyl (C=O) groups excluding carboxylic acids is 3. The summed E-state index contributed by atoms with van der Waals surface area (Å²) in [7, 11) is 0. The lowest BCUT2D eigenvalue weighted by molar-refractivity contribution is -0.122. The number of thiazole rings is 1. The van der Waals surface area contributed by atoms with Gasteiger partial charge in [-0.2, -0.15) is 0 Å². The van der Waals surface area contributed by atoms with E-state index in [4.69, 9.17) is 9.47 Å². The maximum absolute atomic E-state index is 12.9. The number of amides is 3. The maximum atomic E-state index is 12.9. The van der Waals surface area contributed by atoms with Gasteiger partial charge in [0.25, 0.3) is 0 Å². The van der Waals surface area contributed by atoms with Crippen LogP contribution >= 0.6 is 11.3 Å². The molecule has 1 aromatic heterocycles. The number of nitrogens with zero attached hydrogens (tertiary/aromatic N) is 2. The minimum atomic E-state index is -0.481. The zero-order valence-electron chi connectivity index (χ0n) is 18.4. The van der Waals surface area contributed by atoms with Crippen LogP contribution in [-0.4, -0.2) is 42.5 Å². The van der Waals surface area contributed by atoms with Gasteiger partial charge in [0.05, 0.1) is 11.6 Å². The molecule has 2 aliphatic heterocycles. The second-order valence-electron chi connectivity index (χ2n) is 8.02. The maximum Gasteiger partial charge on any atom is 0.231 e. The fraction of sp³-hybridized carbons (Fsp3) is 0.250. The number of fused-ring (bicyclic) bond motifs is 1.